The normalized spacial score (nSPS) is 14.0. The third-order valence-corrected chi connectivity index (χ3v) is 9.55. The van der Waals surface area contributed by atoms with Crippen molar-refractivity contribution < 1.29 is 9.59 Å². The fourth-order valence-corrected chi connectivity index (χ4v) is 6.32. The van der Waals surface area contributed by atoms with E-state index in [0.29, 0.717) is 41.0 Å². The van der Waals surface area contributed by atoms with E-state index in [0.717, 1.165) is 26.9 Å². The quantitative estimate of drug-likeness (QED) is 0.198. The van der Waals surface area contributed by atoms with Crippen molar-refractivity contribution in [2.45, 2.75) is 39.4 Å². The molecule has 11 heteroatoms. The second-order valence-corrected chi connectivity index (χ2v) is 12.7. The molecule has 3 heterocycles. The van der Waals surface area contributed by atoms with Crippen LogP contribution in [-0.4, -0.2) is 44.3 Å². The third kappa shape index (κ3) is 6.43. The Labute approximate surface area is 285 Å². The lowest BCUT2D eigenvalue weighted by Crippen LogP contribution is -2.46. The van der Waals surface area contributed by atoms with Crippen molar-refractivity contribution in [3.63, 3.8) is 0 Å². The smallest absolute Gasteiger partial charge is 0.263 e. The van der Waals surface area contributed by atoms with Crippen molar-refractivity contribution in [1.82, 2.24) is 24.8 Å². The maximum Gasteiger partial charge on any atom is 0.263 e. The molecule has 0 radical (unpaired) electrons. The molecule has 47 heavy (non-hydrogen) atoms. The fourth-order valence-electron chi connectivity index (χ4n) is 5.81. The molecule has 1 unspecified atom stereocenters. The van der Waals surface area contributed by atoms with Gasteiger partial charge >= 0.3 is 0 Å². The number of carbonyl (C=O) groups excluding carboxylic acids is 2. The molecule has 2 amide bonds. The Morgan fingerprint density at radius 3 is 2.51 bits per heavy atom. The number of anilines is 1. The second-order valence-electron chi connectivity index (χ2n) is 11.4. The highest BCUT2D eigenvalue weighted by Gasteiger charge is 2.32. The number of nitrogens with zero attached hydrogens (tertiary/aromatic N) is 4. The molecular weight excluding hydrogens is 680 g/mol. The van der Waals surface area contributed by atoms with Crippen molar-refractivity contribution in [2.75, 3.05) is 12.4 Å². The van der Waals surface area contributed by atoms with Crippen LogP contribution in [0, 0.1) is 6.92 Å². The molecule has 0 saturated carbocycles. The number of fused-ring (bicyclic) bond motifs is 1. The van der Waals surface area contributed by atoms with Gasteiger partial charge < -0.3 is 15.5 Å². The van der Waals surface area contributed by atoms with Gasteiger partial charge in [0.15, 0.2) is 0 Å². The molecule has 0 aliphatic carbocycles. The van der Waals surface area contributed by atoms with Gasteiger partial charge in [0.05, 0.1) is 28.6 Å². The monoisotopic (exact) mass is 710 g/mol. The van der Waals surface area contributed by atoms with Crippen LogP contribution in [-0.2, 0) is 19.5 Å². The molecule has 3 aromatic carbocycles. The molecule has 5 aromatic rings. The lowest BCUT2D eigenvalue weighted by Gasteiger charge is -2.34. The first kappa shape index (κ1) is 32.2. The number of aryl methyl sites for hydroxylation is 1. The van der Waals surface area contributed by atoms with E-state index in [9.17, 15) is 14.4 Å². The number of hydrogen-bond donors (Lipinski definition) is 2. The molecule has 2 N–H and O–H groups in total. The first-order valence-corrected chi connectivity index (χ1v) is 16.3. The number of carbonyl (C=O) groups is 2. The highest BCUT2D eigenvalue weighted by molar-refractivity contribution is 9.10. The zero-order valence-corrected chi connectivity index (χ0v) is 28.4. The van der Waals surface area contributed by atoms with Gasteiger partial charge in [-0.05, 0) is 79.9 Å². The van der Waals surface area contributed by atoms with Gasteiger partial charge in [-0.15, -0.1) is 0 Å². The minimum atomic E-state index is -0.293. The number of pyridine rings is 1. The van der Waals surface area contributed by atoms with Gasteiger partial charge in [0.1, 0.15) is 0 Å². The van der Waals surface area contributed by atoms with Gasteiger partial charge in [0.2, 0.25) is 5.95 Å². The Balaban J connectivity index is 1.43. The lowest BCUT2D eigenvalue weighted by atomic mass is 9.98. The summed E-state index contributed by atoms with van der Waals surface area (Å²) in [6.45, 7) is 4.37. The maximum atomic E-state index is 14.4. The van der Waals surface area contributed by atoms with Gasteiger partial charge in [0.25, 0.3) is 17.4 Å². The molecular formula is C36H32BrClN6O3. The van der Waals surface area contributed by atoms with Gasteiger partial charge in [0, 0.05) is 52.6 Å². The molecule has 0 fully saturated rings. The van der Waals surface area contributed by atoms with E-state index < -0.39 is 0 Å². The summed E-state index contributed by atoms with van der Waals surface area (Å²) in [5.74, 6) is -0.157. The molecule has 2 aromatic heterocycles. The van der Waals surface area contributed by atoms with Crippen molar-refractivity contribution in [3.8, 4) is 16.9 Å². The van der Waals surface area contributed by atoms with Crippen LogP contribution in [0.25, 0.3) is 16.9 Å². The van der Waals surface area contributed by atoms with E-state index in [1.807, 2.05) is 68.4 Å². The zero-order chi connectivity index (χ0) is 33.2. The van der Waals surface area contributed by atoms with Crippen LogP contribution in [0.3, 0.4) is 0 Å². The molecule has 1 atom stereocenters. The van der Waals surface area contributed by atoms with E-state index in [4.69, 9.17) is 16.6 Å². The molecule has 238 valence electrons. The number of amides is 2. The van der Waals surface area contributed by atoms with Crippen LogP contribution < -0.4 is 16.2 Å². The van der Waals surface area contributed by atoms with E-state index in [1.165, 1.54) is 10.6 Å². The molecule has 0 spiro atoms. The highest BCUT2D eigenvalue weighted by atomic mass is 79.9. The maximum absolute atomic E-state index is 14.4. The van der Waals surface area contributed by atoms with Crippen LogP contribution in [0.2, 0.25) is 5.02 Å². The Bertz CT molecular complexity index is 2070. The summed E-state index contributed by atoms with van der Waals surface area (Å²) < 4.78 is 2.39. The molecule has 0 bridgehead atoms. The number of hydrogen-bond acceptors (Lipinski definition) is 6. The summed E-state index contributed by atoms with van der Waals surface area (Å²) in [6, 6.07) is 23.7. The highest BCUT2D eigenvalue weighted by Crippen LogP contribution is 2.29. The Hall–Kier alpha value is -4.80. The Morgan fingerprint density at radius 1 is 1.02 bits per heavy atom. The molecule has 9 nitrogen and oxygen atoms in total. The lowest BCUT2D eigenvalue weighted by molar-refractivity contribution is 0.0653. The van der Waals surface area contributed by atoms with Crippen LogP contribution in [0.4, 0.5) is 5.95 Å². The average Bonchev–Trinajstić information content (AvgIpc) is 3.09. The molecule has 1 aliphatic rings. The number of halogens is 2. The summed E-state index contributed by atoms with van der Waals surface area (Å²) in [5, 5.41) is 6.20. The number of nitrogens with one attached hydrogen (secondary N) is 2. The minimum Gasteiger partial charge on any atom is -0.355 e. The topological polar surface area (TPSA) is 109 Å². The van der Waals surface area contributed by atoms with Crippen molar-refractivity contribution in [3.05, 3.63) is 138 Å². The van der Waals surface area contributed by atoms with Crippen LogP contribution in [0.5, 0.6) is 0 Å². The third-order valence-electron chi connectivity index (χ3n) is 8.35. The van der Waals surface area contributed by atoms with E-state index in [2.05, 4.69) is 31.5 Å². The number of aromatic nitrogens is 3. The Kier molecular flexibility index (Phi) is 9.24. The first-order valence-electron chi connectivity index (χ1n) is 15.1. The van der Waals surface area contributed by atoms with E-state index >= 15 is 0 Å². The molecule has 6 rings (SSSR count). The van der Waals surface area contributed by atoms with Gasteiger partial charge in [-0.1, -0.05) is 57.9 Å². The molecule has 0 saturated heterocycles. The number of rotatable bonds is 7. The van der Waals surface area contributed by atoms with Gasteiger partial charge in [-0.2, -0.15) is 0 Å². The predicted molar refractivity (Wildman–Crippen MR) is 187 cm³/mol. The van der Waals surface area contributed by atoms with E-state index in [-0.39, 0.29) is 40.9 Å². The second kappa shape index (κ2) is 13.5. The summed E-state index contributed by atoms with van der Waals surface area (Å²) in [4.78, 5) is 51.6. The van der Waals surface area contributed by atoms with Crippen molar-refractivity contribution in [1.29, 1.82) is 0 Å². The van der Waals surface area contributed by atoms with E-state index in [1.54, 1.807) is 36.3 Å². The van der Waals surface area contributed by atoms with Gasteiger partial charge in [-0.25, -0.2) is 9.55 Å². The van der Waals surface area contributed by atoms with Crippen LogP contribution >= 0.6 is 27.5 Å². The largest absolute Gasteiger partial charge is 0.355 e. The van der Waals surface area contributed by atoms with Gasteiger partial charge in [-0.3, -0.25) is 19.4 Å². The summed E-state index contributed by atoms with van der Waals surface area (Å²) in [6.07, 6.45) is 2.06. The standard InChI is InChI=1S/C36H32BrClN6O3/c1-21-16-24(11-13-28(21)37)34(46)43-20-31-27(17-22(43)2)35(47)44(32-14-12-23(18-29(32)38)33(45)39-3)36(42-31)41-19-25-8-4-5-9-26(25)30-10-6-7-15-40-30/h4-16,18,22H,17,19-20H2,1-3H3,(H,39,45)(H,41,42). The Morgan fingerprint density at radius 2 is 1.79 bits per heavy atom. The number of benzene rings is 3. The van der Waals surface area contributed by atoms with Crippen LogP contribution in [0.1, 0.15) is 50.0 Å². The SMILES string of the molecule is CNC(=O)c1ccc(-n2c(NCc3ccccc3-c3ccccn3)nc3c(c2=O)CC(C)N(C(=O)c2ccc(Br)c(C)c2)C3)c(Cl)c1. The average molecular weight is 712 g/mol. The summed E-state index contributed by atoms with van der Waals surface area (Å²) >= 11 is 10.2. The zero-order valence-electron chi connectivity index (χ0n) is 26.1. The van der Waals surface area contributed by atoms with Crippen molar-refractivity contribution in [2.24, 2.45) is 0 Å². The summed E-state index contributed by atoms with van der Waals surface area (Å²) in [5.41, 5.74) is 5.73. The molecule has 1 aliphatic heterocycles. The fraction of sp³-hybridized carbons (Fsp3) is 0.194. The predicted octanol–water partition coefficient (Wildman–Crippen LogP) is 6.58. The summed E-state index contributed by atoms with van der Waals surface area (Å²) in [7, 11) is 1.54. The first-order chi connectivity index (χ1) is 22.7. The van der Waals surface area contributed by atoms with Crippen molar-refractivity contribution >= 4 is 45.3 Å². The van der Waals surface area contributed by atoms with Crippen LogP contribution in [0.15, 0.2) is 94.3 Å². The minimum absolute atomic E-state index is 0.128.